The van der Waals surface area contributed by atoms with E-state index in [4.69, 9.17) is 0 Å². The minimum atomic E-state index is -0.434. The summed E-state index contributed by atoms with van der Waals surface area (Å²) in [5.74, 6) is -0.481. The average molecular weight is 741 g/mol. The maximum atomic E-state index is 13.3. The lowest BCUT2D eigenvalue weighted by atomic mass is 10.0. The van der Waals surface area contributed by atoms with Crippen LogP contribution in [0, 0.1) is 0 Å². The first-order valence-electron chi connectivity index (χ1n) is 19.6. The van der Waals surface area contributed by atoms with E-state index < -0.39 is 6.04 Å². The monoisotopic (exact) mass is 741 g/mol. The van der Waals surface area contributed by atoms with Crippen LogP contribution in [0.4, 0.5) is 0 Å². The van der Waals surface area contributed by atoms with Gasteiger partial charge in [-0.1, -0.05) is 0 Å². The molecule has 5 atom stereocenters. The minimum Gasteiger partial charge on any atom is -0.356 e. The molecule has 5 unspecified atom stereocenters. The maximum absolute atomic E-state index is 13.3. The van der Waals surface area contributed by atoms with Gasteiger partial charge in [0.15, 0.2) is 0 Å². The number of carbonyl (C=O) groups is 5. The molecule has 52 heavy (non-hydrogen) atoms. The summed E-state index contributed by atoms with van der Waals surface area (Å²) in [6, 6.07) is -0.595. The van der Waals surface area contributed by atoms with Crippen molar-refractivity contribution in [3.63, 3.8) is 0 Å². The van der Waals surface area contributed by atoms with Gasteiger partial charge in [-0.2, -0.15) is 0 Å². The molecule has 0 aliphatic carbocycles. The number of nitrogens with one attached hydrogen (secondary N) is 10. The molecule has 0 saturated carbocycles. The molecule has 4 amide bonds. The molecule has 0 saturated heterocycles. The lowest BCUT2D eigenvalue weighted by Gasteiger charge is -2.23. The summed E-state index contributed by atoms with van der Waals surface area (Å²) in [7, 11) is 11.3. The van der Waals surface area contributed by atoms with E-state index in [1.54, 1.807) is 0 Å². The van der Waals surface area contributed by atoms with E-state index >= 15 is 0 Å². The molecule has 0 fully saturated rings. The Kier molecular flexibility index (Phi) is 31.2. The molecule has 0 rings (SSSR count). The Hall–Kier alpha value is -2.69. The molecule has 0 heterocycles. The van der Waals surface area contributed by atoms with Gasteiger partial charge in [-0.05, 0) is 133 Å². The largest absolute Gasteiger partial charge is 0.356 e. The van der Waals surface area contributed by atoms with Crippen LogP contribution in [0.15, 0.2) is 0 Å². The second-order valence-electron chi connectivity index (χ2n) is 13.9. The fourth-order valence-electron chi connectivity index (χ4n) is 6.18. The second kappa shape index (κ2) is 32.9. The number of ketones is 1. The maximum Gasteiger partial charge on any atom is 0.222 e. The summed E-state index contributed by atoms with van der Waals surface area (Å²) in [5, 5.41) is 31.0. The molecule has 304 valence electrons. The summed E-state index contributed by atoms with van der Waals surface area (Å²) in [4.78, 5) is 63.6. The molecule has 0 spiro atoms. The van der Waals surface area contributed by atoms with Crippen molar-refractivity contribution in [1.82, 2.24) is 53.2 Å². The number of rotatable bonds is 35. The van der Waals surface area contributed by atoms with Crippen LogP contribution in [0.3, 0.4) is 0 Å². The van der Waals surface area contributed by atoms with Crippen LogP contribution in [-0.4, -0.2) is 135 Å². The third-order valence-electron chi connectivity index (χ3n) is 9.26. The molecular formula is C37H76N10O5. The van der Waals surface area contributed by atoms with Crippen molar-refractivity contribution in [1.29, 1.82) is 0 Å². The van der Waals surface area contributed by atoms with E-state index in [2.05, 4.69) is 53.2 Å². The second-order valence-corrected chi connectivity index (χ2v) is 13.9. The van der Waals surface area contributed by atoms with Gasteiger partial charge in [0.1, 0.15) is 5.78 Å². The van der Waals surface area contributed by atoms with E-state index in [0.717, 1.165) is 58.2 Å². The SMILES string of the molecule is CNCCCC(CC(=O)NCCCC(CC(C)=O)NC(=O)CC(CCCNC(=O)CC(CCCNC)NC)NC(=O)CC(CCCNC)NC)NC. The van der Waals surface area contributed by atoms with E-state index in [1.165, 1.54) is 6.92 Å². The van der Waals surface area contributed by atoms with Crippen LogP contribution in [0.5, 0.6) is 0 Å². The van der Waals surface area contributed by atoms with Crippen LogP contribution in [-0.2, 0) is 24.0 Å². The predicted molar refractivity (Wildman–Crippen MR) is 210 cm³/mol. The Bertz CT molecular complexity index is 973. The molecule has 0 aromatic rings. The van der Waals surface area contributed by atoms with Crippen molar-refractivity contribution in [2.75, 3.05) is 75.0 Å². The number of hydrogen-bond donors (Lipinski definition) is 10. The third kappa shape index (κ3) is 27.9. The van der Waals surface area contributed by atoms with Crippen LogP contribution in [0.25, 0.3) is 0 Å². The van der Waals surface area contributed by atoms with Gasteiger partial charge in [-0.25, -0.2) is 0 Å². The normalized spacial score (nSPS) is 14.1. The van der Waals surface area contributed by atoms with Gasteiger partial charge in [0.25, 0.3) is 0 Å². The van der Waals surface area contributed by atoms with Gasteiger partial charge in [-0.3, -0.25) is 24.0 Å². The Balaban J connectivity index is 5.22. The molecule has 0 radical (unpaired) electrons. The molecule has 0 aliphatic heterocycles. The zero-order valence-corrected chi connectivity index (χ0v) is 33.6. The smallest absolute Gasteiger partial charge is 0.222 e. The van der Waals surface area contributed by atoms with E-state index in [-0.39, 0.29) is 72.8 Å². The molecule has 15 nitrogen and oxygen atoms in total. The van der Waals surface area contributed by atoms with Gasteiger partial charge in [0.05, 0.1) is 0 Å². The molecule has 15 heteroatoms. The first-order valence-corrected chi connectivity index (χ1v) is 19.6. The van der Waals surface area contributed by atoms with Crippen LogP contribution in [0.2, 0.25) is 0 Å². The first kappa shape index (κ1) is 49.3. The van der Waals surface area contributed by atoms with E-state index in [9.17, 15) is 24.0 Å². The highest BCUT2D eigenvalue weighted by atomic mass is 16.2. The molecule has 0 bridgehead atoms. The van der Waals surface area contributed by atoms with Crippen molar-refractivity contribution in [3.05, 3.63) is 0 Å². The fraction of sp³-hybridized carbons (Fsp3) is 0.865. The Labute approximate surface area is 314 Å². The average Bonchev–Trinajstić information content (AvgIpc) is 3.10. The molecule has 0 aliphatic rings. The van der Waals surface area contributed by atoms with Crippen molar-refractivity contribution in [2.24, 2.45) is 0 Å². The lowest BCUT2D eigenvalue weighted by Crippen LogP contribution is -2.44. The van der Waals surface area contributed by atoms with Crippen LogP contribution in [0.1, 0.15) is 103 Å². The number of carbonyl (C=O) groups excluding carboxylic acids is 5. The van der Waals surface area contributed by atoms with E-state index in [1.807, 2.05) is 42.3 Å². The minimum absolute atomic E-state index is 0.0123. The fourth-order valence-corrected chi connectivity index (χ4v) is 6.18. The highest BCUT2D eigenvalue weighted by Gasteiger charge is 2.22. The quantitative estimate of drug-likeness (QED) is 0.0393. The van der Waals surface area contributed by atoms with Crippen molar-refractivity contribution in [2.45, 2.75) is 133 Å². The van der Waals surface area contributed by atoms with E-state index in [0.29, 0.717) is 51.6 Å². The molecule has 10 N–H and O–H groups in total. The van der Waals surface area contributed by atoms with Gasteiger partial charge in [0.2, 0.25) is 23.6 Å². The number of amides is 4. The van der Waals surface area contributed by atoms with Gasteiger partial charge >= 0.3 is 0 Å². The van der Waals surface area contributed by atoms with Gasteiger partial charge in [-0.15, -0.1) is 0 Å². The zero-order valence-electron chi connectivity index (χ0n) is 33.6. The Morgan fingerprint density at radius 1 is 0.385 bits per heavy atom. The topological polar surface area (TPSA) is 206 Å². The molecule has 0 aromatic carbocycles. The summed E-state index contributed by atoms with van der Waals surface area (Å²) in [6.45, 7) is 5.05. The lowest BCUT2D eigenvalue weighted by molar-refractivity contribution is -0.125. The van der Waals surface area contributed by atoms with Gasteiger partial charge in [0, 0.05) is 75.4 Å². The number of Topliss-reactive ketones (excluding diaryl/α,β-unsaturated/α-hetero) is 1. The van der Waals surface area contributed by atoms with Crippen molar-refractivity contribution >= 4 is 29.4 Å². The summed E-state index contributed by atoms with van der Waals surface area (Å²) in [6.07, 6.45) is 9.06. The van der Waals surface area contributed by atoms with Crippen LogP contribution >= 0.6 is 0 Å². The Morgan fingerprint density at radius 2 is 0.673 bits per heavy atom. The summed E-state index contributed by atoms with van der Waals surface area (Å²) >= 11 is 0. The number of hydrogen-bond acceptors (Lipinski definition) is 11. The molecular weight excluding hydrogens is 664 g/mol. The summed E-state index contributed by atoms with van der Waals surface area (Å²) < 4.78 is 0. The van der Waals surface area contributed by atoms with Crippen molar-refractivity contribution < 1.29 is 24.0 Å². The highest BCUT2D eigenvalue weighted by molar-refractivity contribution is 5.81. The predicted octanol–water partition coefficient (Wildman–Crippen LogP) is 0.0511. The Morgan fingerprint density at radius 3 is 1.00 bits per heavy atom. The van der Waals surface area contributed by atoms with Crippen LogP contribution < -0.4 is 53.2 Å². The first-order chi connectivity index (χ1) is 25.0. The third-order valence-corrected chi connectivity index (χ3v) is 9.26. The summed E-state index contributed by atoms with van der Waals surface area (Å²) in [5.41, 5.74) is 0. The van der Waals surface area contributed by atoms with Gasteiger partial charge < -0.3 is 53.2 Å². The molecule has 0 aromatic heterocycles. The highest BCUT2D eigenvalue weighted by Crippen LogP contribution is 2.09. The van der Waals surface area contributed by atoms with Crippen molar-refractivity contribution in [3.8, 4) is 0 Å². The standard InChI is InChI=1S/C37H76N10O5/c1-28(48)23-32(16-11-21-44-34(49)24-29(41-5)13-8-18-38-2)46-37(52)27-33(47-36(51)26-31(43-7)15-10-20-40-4)17-12-22-45-35(50)25-30(42-6)14-9-19-39-3/h29-33,38-43H,8-27H2,1-7H3,(H,44,49)(H,45,50)(H,46,52)(H,47,51). The zero-order chi connectivity index (χ0) is 39.0.